The molecule has 0 saturated heterocycles. The predicted octanol–water partition coefficient (Wildman–Crippen LogP) is 4.16. The van der Waals surface area contributed by atoms with Crippen LogP contribution in [0.4, 0.5) is 5.82 Å². The Balaban J connectivity index is 1.69. The van der Waals surface area contributed by atoms with Crippen molar-refractivity contribution in [1.29, 1.82) is 0 Å². The van der Waals surface area contributed by atoms with E-state index in [4.69, 9.17) is 16.1 Å². The molecule has 21 heavy (non-hydrogen) atoms. The Kier molecular flexibility index (Phi) is 4.17. The molecule has 0 aliphatic carbocycles. The van der Waals surface area contributed by atoms with Gasteiger partial charge < -0.3 is 9.84 Å². The molecular formula is C14H10BrClN4O. The Hall–Kier alpha value is -1.92. The van der Waals surface area contributed by atoms with Gasteiger partial charge in [-0.05, 0) is 40.2 Å². The normalized spacial score (nSPS) is 10.6. The van der Waals surface area contributed by atoms with Crippen LogP contribution >= 0.6 is 27.5 Å². The number of nitrogens with one attached hydrogen (secondary N) is 1. The van der Waals surface area contributed by atoms with E-state index in [0.29, 0.717) is 23.3 Å². The van der Waals surface area contributed by atoms with Crippen LogP contribution in [0.25, 0.3) is 11.4 Å². The zero-order valence-electron chi connectivity index (χ0n) is 10.8. The summed E-state index contributed by atoms with van der Waals surface area (Å²) in [6.45, 7) is 0.405. The van der Waals surface area contributed by atoms with Gasteiger partial charge in [-0.15, -0.1) is 0 Å². The van der Waals surface area contributed by atoms with Crippen molar-refractivity contribution in [3.8, 4) is 11.4 Å². The van der Waals surface area contributed by atoms with Crippen molar-refractivity contribution >= 4 is 33.3 Å². The lowest BCUT2D eigenvalue weighted by Gasteiger charge is -2.01. The smallest absolute Gasteiger partial charge is 0.246 e. The van der Waals surface area contributed by atoms with E-state index in [1.165, 1.54) is 0 Å². The highest BCUT2D eigenvalue weighted by atomic mass is 79.9. The zero-order chi connectivity index (χ0) is 14.7. The van der Waals surface area contributed by atoms with Crippen LogP contribution < -0.4 is 5.32 Å². The Morgan fingerprint density at radius 1 is 1.24 bits per heavy atom. The van der Waals surface area contributed by atoms with Crippen LogP contribution in [0.1, 0.15) is 5.89 Å². The second kappa shape index (κ2) is 6.24. The van der Waals surface area contributed by atoms with Crippen molar-refractivity contribution in [2.45, 2.75) is 6.54 Å². The highest BCUT2D eigenvalue weighted by Crippen LogP contribution is 2.20. The summed E-state index contributed by atoms with van der Waals surface area (Å²) in [6.07, 6.45) is 1.72. The summed E-state index contributed by atoms with van der Waals surface area (Å²) >= 11 is 9.28. The van der Waals surface area contributed by atoms with Gasteiger partial charge in [0.05, 0.1) is 6.54 Å². The van der Waals surface area contributed by atoms with Crippen LogP contribution in [0.5, 0.6) is 0 Å². The van der Waals surface area contributed by atoms with Gasteiger partial charge in [-0.2, -0.15) is 4.98 Å². The minimum Gasteiger partial charge on any atom is -0.361 e. The van der Waals surface area contributed by atoms with E-state index in [1.807, 2.05) is 24.3 Å². The highest BCUT2D eigenvalue weighted by molar-refractivity contribution is 9.10. The zero-order valence-corrected chi connectivity index (χ0v) is 13.1. The quantitative estimate of drug-likeness (QED) is 0.752. The first-order chi connectivity index (χ1) is 10.2. The molecule has 3 aromatic rings. The average Bonchev–Trinajstić information content (AvgIpc) is 2.96. The van der Waals surface area contributed by atoms with Gasteiger partial charge in [-0.3, -0.25) is 0 Å². The number of benzene rings is 1. The molecule has 1 N–H and O–H groups in total. The Labute approximate surface area is 134 Å². The first-order valence-corrected chi connectivity index (χ1v) is 7.32. The first kappa shape index (κ1) is 14.0. The number of hydrogen-bond donors (Lipinski definition) is 1. The predicted molar refractivity (Wildman–Crippen MR) is 84.0 cm³/mol. The summed E-state index contributed by atoms with van der Waals surface area (Å²) in [5.74, 6) is 1.73. The third-order valence-corrected chi connectivity index (χ3v) is 3.40. The molecule has 0 aliphatic heterocycles. The second-order valence-electron chi connectivity index (χ2n) is 4.24. The second-order valence-corrected chi connectivity index (χ2v) is 5.59. The summed E-state index contributed by atoms with van der Waals surface area (Å²) < 4.78 is 6.13. The van der Waals surface area contributed by atoms with E-state index in [9.17, 15) is 0 Å². The van der Waals surface area contributed by atoms with Crippen LogP contribution in [0, 0.1) is 0 Å². The van der Waals surface area contributed by atoms with E-state index in [-0.39, 0.29) is 0 Å². The molecule has 0 bridgehead atoms. The van der Waals surface area contributed by atoms with Crippen LogP contribution in [0.2, 0.25) is 5.02 Å². The van der Waals surface area contributed by atoms with Gasteiger partial charge >= 0.3 is 0 Å². The van der Waals surface area contributed by atoms with Crippen molar-refractivity contribution in [2.24, 2.45) is 0 Å². The maximum Gasteiger partial charge on any atom is 0.246 e. The van der Waals surface area contributed by atoms with Crippen molar-refractivity contribution in [2.75, 3.05) is 5.32 Å². The van der Waals surface area contributed by atoms with Crippen molar-refractivity contribution in [3.63, 3.8) is 0 Å². The molecule has 0 saturated carbocycles. The number of halogens is 2. The number of nitrogens with zero attached hydrogens (tertiary/aromatic N) is 3. The van der Waals surface area contributed by atoms with Crippen molar-refractivity contribution < 1.29 is 4.52 Å². The van der Waals surface area contributed by atoms with Gasteiger partial charge in [0.2, 0.25) is 11.7 Å². The molecule has 7 heteroatoms. The molecule has 2 heterocycles. The van der Waals surface area contributed by atoms with Crippen LogP contribution in [-0.4, -0.2) is 15.1 Å². The molecular weight excluding hydrogens is 356 g/mol. The molecule has 2 aromatic heterocycles. The number of aromatic nitrogens is 3. The van der Waals surface area contributed by atoms with E-state index >= 15 is 0 Å². The van der Waals surface area contributed by atoms with E-state index in [2.05, 4.69) is 36.4 Å². The fourth-order valence-electron chi connectivity index (χ4n) is 1.72. The standard InChI is InChI=1S/C14H10BrClN4O/c15-10-4-5-12(17-7-10)18-8-13-19-14(20-21-13)9-2-1-3-11(16)6-9/h1-7H,8H2,(H,17,18). The Morgan fingerprint density at radius 3 is 2.90 bits per heavy atom. The summed E-state index contributed by atoms with van der Waals surface area (Å²) in [6, 6.07) is 11.1. The molecule has 0 atom stereocenters. The topological polar surface area (TPSA) is 63.8 Å². The number of rotatable bonds is 4. The average molecular weight is 366 g/mol. The Bertz CT molecular complexity index is 745. The third kappa shape index (κ3) is 3.59. The summed E-state index contributed by atoms with van der Waals surface area (Å²) in [7, 11) is 0. The number of anilines is 1. The minimum atomic E-state index is 0.405. The van der Waals surface area contributed by atoms with Gasteiger partial charge in [-0.25, -0.2) is 4.98 Å². The molecule has 0 fully saturated rings. The molecule has 0 spiro atoms. The number of hydrogen-bond acceptors (Lipinski definition) is 5. The highest BCUT2D eigenvalue weighted by Gasteiger charge is 2.08. The lowest BCUT2D eigenvalue weighted by atomic mass is 10.2. The lowest BCUT2D eigenvalue weighted by molar-refractivity contribution is 0.384. The van der Waals surface area contributed by atoms with Crippen LogP contribution in [0.3, 0.4) is 0 Å². The molecule has 0 unspecified atom stereocenters. The SMILES string of the molecule is Clc1cccc(-c2noc(CNc3ccc(Br)cn3)n2)c1. The van der Waals surface area contributed by atoms with Gasteiger partial charge in [0.1, 0.15) is 5.82 Å². The fourth-order valence-corrected chi connectivity index (χ4v) is 2.14. The molecule has 5 nitrogen and oxygen atoms in total. The molecule has 0 radical (unpaired) electrons. The molecule has 0 amide bonds. The van der Waals surface area contributed by atoms with Gasteiger partial charge in [-0.1, -0.05) is 28.9 Å². The van der Waals surface area contributed by atoms with Crippen LogP contribution in [0.15, 0.2) is 51.6 Å². The van der Waals surface area contributed by atoms with E-state index in [0.717, 1.165) is 15.9 Å². The minimum absolute atomic E-state index is 0.405. The molecule has 3 rings (SSSR count). The van der Waals surface area contributed by atoms with Crippen LogP contribution in [-0.2, 0) is 6.54 Å². The summed E-state index contributed by atoms with van der Waals surface area (Å²) in [4.78, 5) is 8.52. The van der Waals surface area contributed by atoms with Gasteiger partial charge in [0, 0.05) is 21.3 Å². The molecule has 0 aliphatic rings. The largest absolute Gasteiger partial charge is 0.361 e. The van der Waals surface area contributed by atoms with E-state index in [1.54, 1.807) is 18.3 Å². The lowest BCUT2D eigenvalue weighted by Crippen LogP contribution is -2.01. The monoisotopic (exact) mass is 364 g/mol. The first-order valence-electron chi connectivity index (χ1n) is 6.15. The van der Waals surface area contributed by atoms with Crippen molar-refractivity contribution in [3.05, 3.63) is 58.0 Å². The van der Waals surface area contributed by atoms with Crippen molar-refractivity contribution in [1.82, 2.24) is 15.1 Å². The van der Waals surface area contributed by atoms with Gasteiger partial charge in [0.25, 0.3) is 0 Å². The fraction of sp³-hybridized carbons (Fsp3) is 0.0714. The third-order valence-electron chi connectivity index (χ3n) is 2.70. The maximum atomic E-state index is 5.94. The molecule has 1 aromatic carbocycles. The maximum absolute atomic E-state index is 5.94. The number of pyridine rings is 1. The van der Waals surface area contributed by atoms with E-state index < -0.39 is 0 Å². The summed E-state index contributed by atoms with van der Waals surface area (Å²) in [5, 5.41) is 7.69. The summed E-state index contributed by atoms with van der Waals surface area (Å²) in [5.41, 5.74) is 0.819. The Morgan fingerprint density at radius 2 is 2.14 bits per heavy atom. The molecule has 106 valence electrons. The van der Waals surface area contributed by atoms with Gasteiger partial charge in [0.15, 0.2) is 0 Å².